The highest BCUT2D eigenvalue weighted by Gasteiger charge is 2.33. The topological polar surface area (TPSA) is 48.4 Å². The van der Waals surface area contributed by atoms with Crippen LogP contribution in [0.2, 0.25) is 0 Å². The molecule has 1 heterocycles. The first-order valence-electron chi connectivity index (χ1n) is 4.38. The van der Waals surface area contributed by atoms with Gasteiger partial charge in [0.1, 0.15) is 10.4 Å². The number of aromatic nitrogens is 1. The summed E-state index contributed by atoms with van der Waals surface area (Å²) in [5, 5.41) is 0. The lowest BCUT2D eigenvalue weighted by Gasteiger charge is -2.12. The fourth-order valence-electron chi connectivity index (χ4n) is 1.06. The number of pyridine rings is 1. The van der Waals surface area contributed by atoms with Gasteiger partial charge in [-0.05, 0) is 28.7 Å². The molecule has 0 saturated carbocycles. The van der Waals surface area contributed by atoms with Crippen LogP contribution in [0.15, 0.2) is 6.07 Å². The molecule has 0 aliphatic heterocycles. The largest absolute Gasteiger partial charge is 0.574 e. The van der Waals surface area contributed by atoms with Crippen LogP contribution < -0.4 is 4.74 Å². The Bertz CT molecular complexity index is 464. The van der Waals surface area contributed by atoms with E-state index in [1.807, 2.05) is 0 Å². The number of carbonyl (C=O) groups is 1. The van der Waals surface area contributed by atoms with Crippen LogP contribution in [0.4, 0.5) is 17.6 Å². The summed E-state index contributed by atoms with van der Waals surface area (Å²) in [6.45, 7) is -1.25. The van der Waals surface area contributed by atoms with E-state index in [0.717, 1.165) is 13.2 Å². The van der Waals surface area contributed by atoms with Crippen molar-refractivity contribution in [1.29, 1.82) is 0 Å². The van der Waals surface area contributed by atoms with E-state index in [1.54, 1.807) is 0 Å². The molecule has 9 heteroatoms. The van der Waals surface area contributed by atoms with Crippen LogP contribution in [0.25, 0.3) is 0 Å². The van der Waals surface area contributed by atoms with Crippen molar-refractivity contribution in [2.75, 3.05) is 7.11 Å². The number of ether oxygens (including phenoxy) is 2. The Morgan fingerprint density at radius 2 is 2.11 bits per heavy atom. The molecule has 0 aliphatic carbocycles. The third-order valence-corrected chi connectivity index (χ3v) is 2.60. The summed E-state index contributed by atoms with van der Waals surface area (Å²) in [5.74, 6) is -1.73. The van der Waals surface area contributed by atoms with Crippen LogP contribution in [0.5, 0.6) is 5.88 Å². The summed E-state index contributed by atoms with van der Waals surface area (Å²) in [5.41, 5.74) is -0.603. The van der Waals surface area contributed by atoms with Gasteiger partial charge in [-0.1, -0.05) is 0 Å². The normalized spacial score (nSPS) is 11.2. The Hall–Kier alpha value is -1.13. The van der Waals surface area contributed by atoms with Crippen molar-refractivity contribution < 1.29 is 31.8 Å². The van der Waals surface area contributed by atoms with Crippen LogP contribution in [-0.2, 0) is 11.4 Å². The van der Waals surface area contributed by atoms with Crippen LogP contribution in [0.3, 0.4) is 0 Å². The summed E-state index contributed by atoms with van der Waals surface area (Å²) in [6, 6.07) is 0.918. The highest BCUT2D eigenvalue weighted by atomic mass is 127. The molecule has 0 bridgehead atoms. The number of rotatable bonds is 3. The molecule has 0 aliphatic rings. The van der Waals surface area contributed by atoms with Crippen molar-refractivity contribution in [3.63, 3.8) is 0 Å². The quantitative estimate of drug-likeness (QED) is 0.351. The molecule has 1 rings (SSSR count). The second-order valence-corrected chi connectivity index (χ2v) is 3.99. The monoisotopic (exact) mass is 379 g/mol. The van der Waals surface area contributed by atoms with Gasteiger partial charge >= 0.3 is 12.3 Å². The Morgan fingerprint density at radius 1 is 1.50 bits per heavy atom. The molecule has 0 aromatic carbocycles. The molecule has 1 aromatic heterocycles. The SMILES string of the molecule is COC(=O)c1cc(CF)c(OC(F)(F)F)nc1I. The van der Waals surface area contributed by atoms with Crippen molar-refractivity contribution in [2.45, 2.75) is 13.0 Å². The lowest BCUT2D eigenvalue weighted by molar-refractivity contribution is -0.276. The van der Waals surface area contributed by atoms with Gasteiger partial charge < -0.3 is 9.47 Å². The molecule has 0 N–H and O–H groups in total. The van der Waals surface area contributed by atoms with E-state index < -0.39 is 30.4 Å². The maximum Gasteiger partial charge on any atom is 0.574 e. The first-order chi connectivity index (χ1) is 8.28. The van der Waals surface area contributed by atoms with Gasteiger partial charge in [-0.15, -0.1) is 13.2 Å². The number of alkyl halides is 4. The van der Waals surface area contributed by atoms with Crippen molar-refractivity contribution in [1.82, 2.24) is 4.98 Å². The third-order valence-electron chi connectivity index (χ3n) is 1.78. The third kappa shape index (κ3) is 3.68. The molecule has 18 heavy (non-hydrogen) atoms. The van der Waals surface area contributed by atoms with Crippen LogP contribution in [0.1, 0.15) is 15.9 Å². The average Bonchev–Trinajstić information content (AvgIpc) is 2.26. The molecule has 0 fully saturated rings. The number of esters is 1. The van der Waals surface area contributed by atoms with Gasteiger partial charge in [0, 0.05) is 5.56 Å². The number of hydrogen-bond acceptors (Lipinski definition) is 4. The first-order valence-corrected chi connectivity index (χ1v) is 5.45. The maximum absolute atomic E-state index is 12.6. The average molecular weight is 379 g/mol. The van der Waals surface area contributed by atoms with E-state index in [1.165, 1.54) is 22.6 Å². The molecule has 0 radical (unpaired) electrons. The van der Waals surface area contributed by atoms with Crippen molar-refractivity contribution in [3.8, 4) is 5.88 Å². The van der Waals surface area contributed by atoms with Gasteiger partial charge in [-0.3, -0.25) is 0 Å². The number of carbonyl (C=O) groups excluding carboxylic acids is 1. The lowest BCUT2D eigenvalue weighted by atomic mass is 10.2. The summed E-state index contributed by atoms with van der Waals surface area (Å²) in [4.78, 5) is 14.6. The zero-order valence-electron chi connectivity index (χ0n) is 8.85. The first kappa shape index (κ1) is 14.9. The summed E-state index contributed by atoms with van der Waals surface area (Å²) >= 11 is 1.53. The maximum atomic E-state index is 12.6. The van der Waals surface area contributed by atoms with Crippen molar-refractivity contribution in [2.24, 2.45) is 0 Å². The smallest absolute Gasteiger partial charge is 0.465 e. The van der Waals surface area contributed by atoms with E-state index >= 15 is 0 Å². The summed E-state index contributed by atoms with van der Waals surface area (Å²) in [6.07, 6.45) is -4.98. The standard InChI is InChI=1S/C9H6F4INO3/c1-17-8(16)5-2-4(3-10)7(15-6(5)14)18-9(11,12)13/h2H,3H2,1H3. The molecule has 0 unspecified atom stereocenters. The minimum atomic E-state index is -4.98. The van der Waals surface area contributed by atoms with Crippen molar-refractivity contribution in [3.05, 3.63) is 20.9 Å². The molecular weight excluding hydrogens is 373 g/mol. The second kappa shape index (κ2) is 5.67. The fraction of sp³-hybridized carbons (Fsp3) is 0.333. The molecule has 0 saturated heterocycles. The highest BCUT2D eigenvalue weighted by molar-refractivity contribution is 14.1. The van der Waals surface area contributed by atoms with Gasteiger partial charge in [0.15, 0.2) is 0 Å². The molecule has 0 spiro atoms. The fourth-order valence-corrected chi connectivity index (χ4v) is 1.66. The van der Waals surface area contributed by atoms with E-state index in [4.69, 9.17) is 0 Å². The molecular formula is C9H6F4INO3. The minimum absolute atomic E-state index is 0.0732. The van der Waals surface area contributed by atoms with Gasteiger partial charge in [0.05, 0.1) is 12.7 Å². The van der Waals surface area contributed by atoms with Gasteiger partial charge in [0.2, 0.25) is 5.88 Å². The Kier molecular flexibility index (Phi) is 4.71. The van der Waals surface area contributed by atoms with Crippen LogP contribution >= 0.6 is 22.6 Å². The molecule has 100 valence electrons. The molecule has 0 atom stereocenters. The predicted octanol–water partition coefficient (Wildman–Crippen LogP) is 2.84. The summed E-state index contributed by atoms with van der Waals surface area (Å²) in [7, 11) is 1.09. The van der Waals surface area contributed by atoms with Gasteiger partial charge in [-0.2, -0.15) is 0 Å². The highest BCUT2D eigenvalue weighted by Crippen LogP contribution is 2.28. The Labute approximate surface area is 112 Å². The second-order valence-electron chi connectivity index (χ2n) is 2.96. The lowest BCUT2D eigenvalue weighted by Crippen LogP contribution is -2.20. The van der Waals surface area contributed by atoms with Crippen molar-refractivity contribution >= 4 is 28.6 Å². The Balaban J connectivity index is 3.23. The van der Waals surface area contributed by atoms with E-state index in [9.17, 15) is 22.4 Å². The van der Waals surface area contributed by atoms with Gasteiger partial charge in [-0.25, -0.2) is 14.2 Å². The van der Waals surface area contributed by atoms with Crippen LogP contribution in [0, 0.1) is 3.70 Å². The zero-order valence-corrected chi connectivity index (χ0v) is 11.0. The van der Waals surface area contributed by atoms with E-state index in [0.29, 0.717) is 0 Å². The molecule has 4 nitrogen and oxygen atoms in total. The van der Waals surface area contributed by atoms with Crippen LogP contribution in [-0.4, -0.2) is 24.4 Å². The zero-order chi connectivity index (χ0) is 13.9. The van der Waals surface area contributed by atoms with Gasteiger partial charge in [0.25, 0.3) is 0 Å². The molecule has 0 amide bonds. The number of hydrogen-bond donors (Lipinski definition) is 0. The minimum Gasteiger partial charge on any atom is -0.465 e. The number of nitrogens with zero attached hydrogens (tertiary/aromatic N) is 1. The van der Waals surface area contributed by atoms with E-state index in [-0.39, 0.29) is 9.26 Å². The summed E-state index contributed by atoms with van der Waals surface area (Å²) < 4.78 is 56.6. The predicted molar refractivity (Wildman–Crippen MR) is 59.8 cm³/mol. The molecule has 1 aromatic rings. The number of halogens is 5. The Morgan fingerprint density at radius 3 is 2.56 bits per heavy atom. The van der Waals surface area contributed by atoms with E-state index in [2.05, 4.69) is 14.5 Å². The number of methoxy groups -OCH3 is 1.